The Morgan fingerprint density at radius 1 is 1.29 bits per heavy atom. The molecule has 1 fully saturated rings. The zero-order valence-electron chi connectivity index (χ0n) is 12.0. The fraction of sp³-hybridized carbons (Fsp3) is 0.400. The van der Waals surface area contributed by atoms with Gasteiger partial charge in [0.25, 0.3) is 0 Å². The molecule has 0 aromatic carbocycles. The molecule has 0 radical (unpaired) electrons. The Labute approximate surface area is 122 Å². The minimum absolute atomic E-state index is 0.650. The largest absolute Gasteiger partial charge is 0.308 e. The summed E-state index contributed by atoms with van der Waals surface area (Å²) in [5.41, 5.74) is 4.16. The second-order valence-electron chi connectivity index (χ2n) is 5.72. The molecular weight excluding hydrogens is 264 g/mol. The number of nitrogens with one attached hydrogen (secondary N) is 1. The Bertz CT molecular complexity index is 767. The maximum atomic E-state index is 4.66. The molecule has 3 aromatic rings. The van der Waals surface area contributed by atoms with Crippen LogP contribution in [0.3, 0.4) is 0 Å². The third kappa shape index (κ3) is 2.67. The molecule has 0 aliphatic heterocycles. The van der Waals surface area contributed by atoms with Gasteiger partial charge in [-0.15, -0.1) is 5.10 Å². The lowest BCUT2D eigenvalue weighted by Crippen LogP contribution is -2.15. The maximum absolute atomic E-state index is 4.66. The van der Waals surface area contributed by atoms with Crippen LogP contribution in [0.5, 0.6) is 0 Å². The number of nitrogens with zero attached hydrogens (tertiary/aromatic N) is 5. The first-order chi connectivity index (χ1) is 10.3. The molecule has 1 aliphatic rings. The van der Waals surface area contributed by atoms with E-state index in [0.29, 0.717) is 12.6 Å². The lowest BCUT2D eigenvalue weighted by atomic mass is 10.3. The molecule has 0 unspecified atom stereocenters. The van der Waals surface area contributed by atoms with Gasteiger partial charge in [0.15, 0.2) is 0 Å². The van der Waals surface area contributed by atoms with Crippen molar-refractivity contribution in [3.63, 3.8) is 0 Å². The van der Waals surface area contributed by atoms with Gasteiger partial charge in [0.1, 0.15) is 5.65 Å². The molecule has 1 N–H and O–H groups in total. The highest BCUT2D eigenvalue weighted by Gasteiger charge is 2.20. The third-order valence-electron chi connectivity index (χ3n) is 3.79. The molecule has 0 bridgehead atoms. The van der Waals surface area contributed by atoms with Crippen LogP contribution >= 0.6 is 0 Å². The summed E-state index contributed by atoms with van der Waals surface area (Å²) in [4.78, 5) is 4.66. The number of rotatable bonds is 5. The minimum atomic E-state index is 0.650. The van der Waals surface area contributed by atoms with E-state index >= 15 is 0 Å². The average Bonchev–Trinajstić information content (AvgIpc) is 3.04. The van der Waals surface area contributed by atoms with Gasteiger partial charge in [-0.05, 0) is 31.4 Å². The minimum Gasteiger partial charge on any atom is -0.308 e. The van der Waals surface area contributed by atoms with Crippen molar-refractivity contribution in [3.8, 4) is 0 Å². The summed E-state index contributed by atoms with van der Waals surface area (Å²) in [6.45, 7) is 3.52. The predicted octanol–water partition coefficient (Wildman–Crippen LogP) is 1.53. The highest BCUT2D eigenvalue weighted by Crippen LogP contribution is 2.19. The molecule has 3 heterocycles. The summed E-state index contributed by atoms with van der Waals surface area (Å²) >= 11 is 0. The van der Waals surface area contributed by atoms with Gasteiger partial charge in [-0.3, -0.25) is 0 Å². The van der Waals surface area contributed by atoms with Gasteiger partial charge < -0.3 is 9.72 Å². The van der Waals surface area contributed by atoms with E-state index in [0.717, 1.165) is 23.6 Å². The molecule has 1 aliphatic carbocycles. The first kappa shape index (κ1) is 12.5. The van der Waals surface area contributed by atoms with Crippen LogP contribution < -0.4 is 5.32 Å². The molecule has 6 heteroatoms. The first-order valence-electron chi connectivity index (χ1n) is 7.33. The molecule has 6 nitrogen and oxygen atoms in total. The number of imidazole rings is 1. The van der Waals surface area contributed by atoms with E-state index in [1.165, 1.54) is 18.4 Å². The number of aromatic nitrogens is 5. The lowest BCUT2D eigenvalue weighted by molar-refractivity contribution is 0.638. The van der Waals surface area contributed by atoms with Crippen molar-refractivity contribution < 1.29 is 0 Å². The Hall–Kier alpha value is -2.21. The SMILES string of the molecule is Cc1cccn2cc(Cn3cc(CNC4CC4)nn3)nc12. The van der Waals surface area contributed by atoms with Crippen molar-refractivity contribution in [2.45, 2.75) is 38.9 Å². The van der Waals surface area contributed by atoms with Gasteiger partial charge >= 0.3 is 0 Å². The van der Waals surface area contributed by atoms with Gasteiger partial charge in [-0.1, -0.05) is 11.3 Å². The molecule has 3 aromatic heterocycles. The monoisotopic (exact) mass is 282 g/mol. The Balaban J connectivity index is 1.49. The quantitative estimate of drug-likeness (QED) is 0.771. The van der Waals surface area contributed by atoms with E-state index in [2.05, 4.69) is 38.0 Å². The van der Waals surface area contributed by atoms with Crippen molar-refractivity contribution in [3.05, 3.63) is 47.7 Å². The van der Waals surface area contributed by atoms with Crippen molar-refractivity contribution in [2.24, 2.45) is 0 Å². The van der Waals surface area contributed by atoms with E-state index in [1.54, 1.807) is 0 Å². The number of fused-ring (bicyclic) bond motifs is 1. The highest BCUT2D eigenvalue weighted by atomic mass is 15.4. The van der Waals surface area contributed by atoms with E-state index < -0.39 is 0 Å². The topological polar surface area (TPSA) is 60.0 Å². The van der Waals surface area contributed by atoms with Gasteiger partial charge in [0.05, 0.1) is 24.1 Å². The van der Waals surface area contributed by atoms with Crippen molar-refractivity contribution >= 4 is 5.65 Å². The fourth-order valence-electron chi connectivity index (χ4n) is 2.48. The number of hydrogen-bond donors (Lipinski definition) is 1. The number of pyridine rings is 1. The van der Waals surface area contributed by atoms with Crippen LogP contribution in [-0.2, 0) is 13.1 Å². The van der Waals surface area contributed by atoms with Gasteiger partial charge in [-0.2, -0.15) is 0 Å². The van der Waals surface area contributed by atoms with Crippen LogP contribution in [0.2, 0.25) is 0 Å². The second kappa shape index (κ2) is 4.96. The van der Waals surface area contributed by atoms with E-state index in [1.807, 2.05) is 29.3 Å². The van der Waals surface area contributed by atoms with Crippen molar-refractivity contribution in [1.29, 1.82) is 0 Å². The molecule has 108 valence electrons. The predicted molar refractivity (Wildman–Crippen MR) is 78.9 cm³/mol. The zero-order chi connectivity index (χ0) is 14.2. The molecule has 21 heavy (non-hydrogen) atoms. The van der Waals surface area contributed by atoms with Gasteiger partial charge in [0.2, 0.25) is 0 Å². The average molecular weight is 282 g/mol. The van der Waals surface area contributed by atoms with Gasteiger partial charge in [-0.25, -0.2) is 9.67 Å². The Morgan fingerprint density at radius 3 is 3.00 bits per heavy atom. The molecule has 1 saturated carbocycles. The van der Waals surface area contributed by atoms with Crippen LogP contribution in [0.15, 0.2) is 30.7 Å². The molecule has 0 amide bonds. The van der Waals surface area contributed by atoms with Crippen molar-refractivity contribution in [1.82, 2.24) is 29.7 Å². The van der Waals surface area contributed by atoms with E-state index in [4.69, 9.17) is 0 Å². The van der Waals surface area contributed by atoms with E-state index in [-0.39, 0.29) is 0 Å². The van der Waals surface area contributed by atoms with Crippen LogP contribution in [0.25, 0.3) is 5.65 Å². The standard InChI is InChI=1S/C15H18N6/c1-11-3-2-6-20-8-14(17-15(11)20)10-21-9-13(18-19-21)7-16-12-4-5-12/h2-3,6,8-9,12,16H,4-5,7,10H2,1H3. The highest BCUT2D eigenvalue weighted by molar-refractivity contribution is 5.47. The van der Waals surface area contributed by atoms with Crippen LogP contribution in [-0.4, -0.2) is 30.4 Å². The Morgan fingerprint density at radius 2 is 2.19 bits per heavy atom. The molecule has 0 saturated heterocycles. The fourth-order valence-corrected chi connectivity index (χ4v) is 2.48. The number of hydrogen-bond acceptors (Lipinski definition) is 4. The lowest BCUT2D eigenvalue weighted by Gasteiger charge is -1.97. The Kier molecular flexibility index (Phi) is 2.96. The molecule has 4 rings (SSSR count). The summed E-state index contributed by atoms with van der Waals surface area (Å²) < 4.78 is 3.90. The molecular formula is C15H18N6. The van der Waals surface area contributed by atoms with E-state index in [9.17, 15) is 0 Å². The summed E-state index contributed by atoms with van der Waals surface area (Å²) in [5.74, 6) is 0. The second-order valence-corrected chi connectivity index (χ2v) is 5.72. The summed E-state index contributed by atoms with van der Waals surface area (Å²) in [6, 6.07) is 4.80. The third-order valence-corrected chi connectivity index (χ3v) is 3.79. The maximum Gasteiger partial charge on any atom is 0.140 e. The van der Waals surface area contributed by atoms with Crippen LogP contribution in [0, 0.1) is 6.92 Å². The molecule has 0 atom stereocenters. The first-order valence-corrected chi connectivity index (χ1v) is 7.33. The summed E-state index contributed by atoms with van der Waals surface area (Å²) in [6.07, 6.45) is 8.63. The molecule has 0 spiro atoms. The van der Waals surface area contributed by atoms with Crippen LogP contribution in [0.4, 0.5) is 0 Å². The smallest absolute Gasteiger partial charge is 0.140 e. The summed E-state index contributed by atoms with van der Waals surface area (Å²) in [7, 11) is 0. The van der Waals surface area contributed by atoms with Gasteiger partial charge in [0, 0.05) is 25.0 Å². The summed E-state index contributed by atoms with van der Waals surface area (Å²) in [5, 5.41) is 11.8. The van der Waals surface area contributed by atoms with Crippen LogP contribution in [0.1, 0.15) is 29.8 Å². The number of aryl methyl sites for hydroxylation is 1. The normalized spacial score (nSPS) is 14.9. The zero-order valence-corrected chi connectivity index (χ0v) is 12.0. The van der Waals surface area contributed by atoms with Crippen molar-refractivity contribution in [2.75, 3.05) is 0 Å².